The van der Waals surface area contributed by atoms with E-state index in [0.29, 0.717) is 0 Å². The Kier molecular flexibility index (Phi) is 7.33. The van der Waals surface area contributed by atoms with Gasteiger partial charge in [-0.15, -0.1) is 0 Å². The van der Waals surface area contributed by atoms with E-state index in [2.05, 4.69) is 218 Å². The average molecular weight is 676 g/mol. The molecule has 0 aromatic heterocycles. The van der Waals surface area contributed by atoms with E-state index in [1.165, 1.54) is 72.3 Å². The molecule has 0 aliphatic heterocycles. The molecule has 0 amide bonds. The average Bonchev–Trinajstić information content (AvgIpc) is 3.69. The zero-order chi connectivity index (χ0) is 35.4. The van der Waals surface area contributed by atoms with Crippen LogP contribution in [0.25, 0.3) is 50.6 Å². The van der Waals surface area contributed by atoms with Gasteiger partial charge in [-0.25, -0.2) is 0 Å². The fraction of sp³-hybridized carbons (Fsp3) is 0.0385. The summed E-state index contributed by atoms with van der Waals surface area (Å²) in [5.41, 5.74) is 19.7. The molecule has 8 aromatic carbocycles. The van der Waals surface area contributed by atoms with E-state index in [0.717, 1.165) is 17.1 Å². The maximum Gasteiger partial charge on any atom is 0.0725 e. The molecule has 250 valence electrons. The first-order valence-corrected chi connectivity index (χ1v) is 18.5. The van der Waals surface area contributed by atoms with Gasteiger partial charge >= 0.3 is 0 Å². The van der Waals surface area contributed by atoms with Gasteiger partial charge in [-0.05, 0) is 116 Å². The quantitative estimate of drug-likeness (QED) is 0.170. The van der Waals surface area contributed by atoms with Crippen molar-refractivity contribution in [2.75, 3.05) is 4.90 Å². The Hall–Kier alpha value is -6.70. The molecule has 1 heteroatoms. The number of rotatable bonds is 6. The van der Waals surface area contributed by atoms with Crippen LogP contribution < -0.4 is 4.90 Å². The summed E-state index contributed by atoms with van der Waals surface area (Å²) in [5, 5.41) is 0. The molecule has 0 fully saturated rings. The molecule has 53 heavy (non-hydrogen) atoms. The molecular formula is C52H37N. The van der Waals surface area contributed by atoms with Crippen molar-refractivity contribution in [3.8, 4) is 44.5 Å². The zero-order valence-electron chi connectivity index (χ0n) is 29.6. The maximum absolute atomic E-state index is 2.46. The molecule has 8 aromatic rings. The van der Waals surface area contributed by atoms with Gasteiger partial charge in [0.1, 0.15) is 0 Å². The van der Waals surface area contributed by atoms with E-state index in [-0.39, 0.29) is 0 Å². The molecule has 2 aliphatic carbocycles. The van der Waals surface area contributed by atoms with Gasteiger partial charge in [0, 0.05) is 16.9 Å². The number of hydrogen-bond acceptors (Lipinski definition) is 1. The van der Waals surface area contributed by atoms with E-state index >= 15 is 0 Å². The second-order valence-corrected chi connectivity index (χ2v) is 13.9. The first-order chi connectivity index (χ1) is 26.3. The molecule has 0 heterocycles. The predicted molar refractivity (Wildman–Crippen MR) is 223 cm³/mol. The summed E-state index contributed by atoms with van der Waals surface area (Å²) in [6, 6.07) is 71.3. The molecule has 0 radical (unpaired) electrons. The fourth-order valence-corrected chi connectivity index (χ4v) is 9.17. The second kappa shape index (κ2) is 12.5. The molecule has 2 aliphatic rings. The molecule has 0 atom stereocenters. The van der Waals surface area contributed by atoms with E-state index in [1.807, 2.05) is 0 Å². The summed E-state index contributed by atoms with van der Waals surface area (Å²) >= 11 is 0. The highest BCUT2D eigenvalue weighted by Crippen LogP contribution is 2.64. The fourth-order valence-electron chi connectivity index (χ4n) is 9.17. The Morgan fingerprint density at radius 2 is 0.811 bits per heavy atom. The van der Waals surface area contributed by atoms with Crippen molar-refractivity contribution in [1.82, 2.24) is 0 Å². The molecule has 1 spiro atoms. The molecule has 0 bridgehead atoms. The Morgan fingerprint density at radius 3 is 1.38 bits per heavy atom. The van der Waals surface area contributed by atoms with Crippen molar-refractivity contribution < 1.29 is 0 Å². The Morgan fingerprint density at radius 1 is 0.377 bits per heavy atom. The van der Waals surface area contributed by atoms with Crippen LogP contribution in [0.2, 0.25) is 0 Å². The number of benzene rings is 8. The molecular weight excluding hydrogens is 639 g/mol. The highest BCUT2D eigenvalue weighted by Gasteiger charge is 2.52. The number of para-hydroxylation sites is 3. The summed E-state index contributed by atoms with van der Waals surface area (Å²) in [6.07, 6.45) is 4.42. The summed E-state index contributed by atoms with van der Waals surface area (Å²) in [4.78, 5) is 2.38. The monoisotopic (exact) mass is 675 g/mol. The third-order valence-corrected chi connectivity index (χ3v) is 11.2. The van der Waals surface area contributed by atoms with Crippen molar-refractivity contribution in [2.45, 2.75) is 12.3 Å². The van der Waals surface area contributed by atoms with Crippen molar-refractivity contribution in [1.29, 1.82) is 0 Å². The van der Waals surface area contributed by atoms with Crippen molar-refractivity contribution in [3.63, 3.8) is 0 Å². The minimum atomic E-state index is -0.421. The van der Waals surface area contributed by atoms with Crippen molar-refractivity contribution in [2.24, 2.45) is 0 Å². The summed E-state index contributed by atoms with van der Waals surface area (Å²) in [7, 11) is 0. The van der Waals surface area contributed by atoms with Crippen LogP contribution in [0.15, 0.2) is 200 Å². The van der Waals surface area contributed by atoms with Gasteiger partial charge in [0.2, 0.25) is 0 Å². The third-order valence-electron chi connectivity index (χ3n) is 11.2. The largest absolute Gasteiger partial charge is 0.310 e. The van der Waals surface area contributed by atoms with Crippen LogP contribution in [-0.4, -0.2) is 0 Å². The Labute approximate surface area is 311 Å². The van der Waals surface area contributed by atoms with E-state index < -0.39 is 5.41 Å². The molecule has 0 unspecified atom stereocenters. The number of hydrogen-bond donors (Lipinski definition) is 0. The van der Waals surface area contributed by atoms with Gasteiger partial charge in [-0.3, -0.25) is 0 Å². The SMILES string of the molecule is C/C=C/c1cc(-c2ccccc2-c2ccccc2N(c2ccccc2)c2ccccc2)c2c(c1)C1(c3ccccc3-c3ccccc31)c1ccccc1-2. The van der Waals surface area contributed by atoms with Crippen LogP contribution in [0.5, 0.6) is 0 Å². The van der Waals surface area contributed by atoms with Gasteiger partial charge < -0.3 is 4.90 Å². The lowest BCUT2D eigenvalue weighted by atomic mass is 9.70. The van der Waals surface area contributed by atoms with Crippen LogP contribution in [0.4, 0.5) is 17.1 Å². The van der Waals surface area contributed by atoms with E-state index in [4.69, 9.17) is 0 Å². The van der Waals surface area contributed by atoms with Crippen LogP contribution in [0.3, 0.4) is 0 Å². The van der Waals surface area contributed by atoms with Crippen LogP contribution in [0, 0.1) is 0 Å². The van der Waals surface area contributed by atoms with Crippen molar-refractivity contribution in [3.05, 3.63) is 228 Å². The van der Waals surface area contributed by atoms with Crippen molar-refractivity contribution >= 4 is 23.1 Å². The lowest BCUT2D eigenvalue weighted by Gasteiger charge is -2.31. The van der Waals surface area contributed by atoms with E-state index in [1.54, 1.807) is 0 Å². The highest BCUT2D eigenvalue weighted by molar-refractivity contribution is 6.04. The topological polar surface area (TPSA) is 3.24 Å². The molecule has 10 rings (SSSR count). The molecule has 0 saturated heterocycles. The minimum Gasteiger partial charge on any atom is -0.310 e. The maximum atomic E-state index is 2.46. The number of allylic oxidation sites excluding steroid dienone is 1. The second-order valence-electron chi connectivity index (χ2n) is 13.9. The van der Waals surface area contributed by atoms with Gasteiger partial charge in [0.05, 0.1) is 11.1 Å². The van der Waals surface area contributed by atoms with Crippen LogP contribution >= 0.6 is 0 Å². The van der Waals surface area contributed by atoms with Gasteiger partial charge in [0.15, 0.2) is 0 Å². The Bertz CT molecular complexity index is 2600. The first-order valence-electron chi connectivity index (χ1n) is 18.5. The molecule has 1 nitrogen and oxygen atoms in total. The Balaban J connectivity index is 1.28. The number of anilines is 3. The minimum absolute atomic E-state index is 0.421. The lowest BCUT2D eigenvalue weighted by Crippen LogP contribution is -2.26. The highest BCUT2D eigenvalue weighted by atomic mass is 15.1. The lowest BCUT2D eigenvalue weighted by molar-refractivity contribution is 0.793. The molecule has 0 N–H and O–H groups in total. The third kappa shape index (κ3) is 4.64. The first kappa shape index (κ1) is 31.1. The summed E-state index contributed by atoms with van der Waals surface area (Å²) in [5.74, 6) is 0. The molecule has 0 saturated carbocycles. The van der Waals surface area contributed by atoms with Gasteiger partial charge in [0.25, 0.3) is 0 Å². The zero-order valence-corrected chi connectivity index (χ0v) is 29.6. The number of fused-ring (bicyclic) bond motifs is 10. The smallest absolute Gasteiger partial charge is 0.0725 e. The van der Waals surface area contributed by atoms with Gasteiger partial charge in [-0.1, -0.05) is 164 Å². The van der Waals surface area contributed by atoms with E-state index in [9.17, 15) is 0 Å². The standard InChI is InChI=1S/C52H37N/c1-2-19-36-34-45(51-44-29-13-17-32-48(44)52(49(51)35-36)46-30-15-11-26-41(46)42-27-12-16-31-47(42)52)40-25-10-9-24-39(40)43-28-14-18-33-50(43)53(37-20-5-3-6-21-37)38-22-7-4-8-23-38/h2-35H,1H3/b19-2+. The van der Waals surface area contributed by atoms with Crippen LogP contribution in [0.1, 0.15) is 34.7 Å². The van der Waals surface area contributed by atoms with Crippen LogP contribution in [-0.2, 0) is 5.41 Å². The summed E-state index contributed by atoms with van der Waals surface area (Å²) < 4.78 is 0. The number of nitrogens with zero attached hydrogens (tertiary/aromatic N) is 1. The normalized spacial score (nSPS) is 13.1. The van der Waals surface area contributed by atoms with Gasteiger partial charge in [-0.2, -0.15) is 0 Å². The predicted octanol–water partition coefficient (Wildman–Crippen LogP) is 13.9. The summed E-state index contributed by atoms with van der Waals surface area (Å²) in [6.45, 7) is 2.11.